The van der Waals surface area contributed by atoms with Crippen LogP contribution >= 0.6 is 11.3 Å². The number of aryl methyl sites for hydroxylation is 1. The molecule has 1 fully saturated rings. The van der Waals surface area contributed by atoms with Gasteiger partial charge in [-0.15, -0.1) is 11.3 Å². The molecule has 0 aromatic carbocycles. The van der Waals surface area contributed by atoms with Gasteiger partial charge >= 0.3 is 0 Å². The minimum atomic E-state index is -3.54. The van der Waals surface area contributed by atoms with Gasteiger partial charge in [0.2, 0.25) is 0 Å². The van der Waals surface area contributed by atoms with Gasteiger partial charge in [-0.05, 0) is 33.9 Å². The second kappa shape index (κ2) is 5.88. The number of sulfonamides is 1. The number of nitrogens with zero attached hydrogens (tertiary/aromatic N) is 2. The van der Waals surface area contributed by atoms with E-state index >= 15 is 0 Å². The molecule has 0 spiro atoms. The molecule has 2 rings (SSSR count). The SMILES string of the molecule is CC(=O)Cc1nc(C)c(S(=O)(=O)N[C@@H]2CCN(C)C2)s1. The van der Waals surface area contributed by atoms with E-state index in [9.17, 15) is 13.2 Å². The molecule has 20 heavy (non-hydrogen) atoms. The van der Waals surface area contributed by atoms with Gasteiger partial charge in [0.05, 0.1) is 12.1 Å². The number of nitrogens with one attached hydrogen (secondary N) is 1. The molecular weight excluding hydrogens is 298 g/mol. The summed E-state index contributed by atoms with van der Waals surface area (Å²) in [6, 6.07) is -0.0530. The number of ketones is 1. The lowest BCUT2D eigenvalue weighted by Gasteiger charge is -2.12. The summed E-state index contributed by atoms with van der Waals surface area (Å²) in [5, 5.41) is 0.555. The summed E-state index contributed by atoms with van der Waals surface area (Å²) >= 11 is 1.08. The topological polar surface area (TPSA) is 79.4 Å². The zero-order chi connectivity index (χ0) is 14.9. The highest BCUT2D eigenvalue weighted by Gasteiger charge is 2.28. The first-order valence-corrected chi connectivity index (χ1v) is 8.74. The number of carbonyl (C=O) groups is 1. The Morgan fingerprint density at radius 2 is 2.25 bits per heavy atom. The van der Waals surface area contributed by atoms with E-state index in [0.29, 0.717) is 10.7 Å². The van der Waals surface area contributed by atoms with Crippen molar-refractivity contribution in [2.75, 3.05) is 20.1 Å². The van der Waals surface area contributed by atoms with Crippen LogP contribution in [0.5, 0.6) is 0 Å². The first-order chi connectivity index (χ1) is 9.28. The summed E-state index contributed by atoms with van der Waals surface area (Å²) in [5.74, 6) is -0.0203. The molecule has 1 aromatic rings. The van der Waals surface area contributed by atoms with Crippen LogP contribution in [0.25, 0.3) is 0 Å². The summed E-state index contributed by atoms with van der Waals surface area (Å²) in [6.07, 6.45) is 1.00. The fraction of sp³-hybridized carbons (Fsp3) is 0.667. The number of Topliss-reactive ketones (excluding diaryl/α,β-unsaturated/α-hetero) is 1. The quantitative estimate of drug-likeness (QED) is 0.859. The lowest BCUT2D eigenvalue weighted by atomic mass is 10.3. The van der Waals surface area contributed by atoms with Crippen LogP contribution < -0.4 is 4.72 Å². The van der Waals surface area contributed by atoms with E-state index in [2.05, 4.69) is 14.6 Å². The molecular formula is C12H19N3O3S2. The van der Waals surface area contributed by atoms with E-state index < -0.39 is 10.0 Å². The number of hydrogen-bond acceptors (Lipinski definition) is 6. The maximum Gasteiger partial charge on any atom is 0.252 e. The van der Waals surface area contributed by atoms with Crippen molar-refractivity contribution in [3.8, 4) is 0 Å². The van der Waals surface area contributed by atoms with Gasteiger partial charge in [-0.25, -0.2) is 18.1 Å². The highest BCUT2D eigenvalue weighted by atomic mass is 32.2. The summed E-state index contributed by atoms with van der Waals surface area (Å²) in [6.45, 7) is 4.74. The maximum atomic E-state index is 12.4. The van der Waals surface area contributed by atoms with Crippen molar-refractivity contribution in [3.63, 3.8) is 0 Å². The highest BCUT2D eigenvalue weighted by molar-refractivity contribution is 7.91. The molecule has 0 amide bonds. The van der Waals surface area contributed by atoms with Crippen LogP contribution in [0, 0.1) is 6.92 Å². The number of rotatable bonds is 5. The molecule has 0 bridgehead atoms. The van der Waals surface area contributed by atoms with Gasteiger partial charge in [-0.3, -0.25) is 4.79 Å². The summed E-state index contributed by atoms with van der Waals surface area (Å²) in [7, 11) is -1.58. The third-order valence-corrected chi connectivity index (χ3v) is 6.44. The van der Waals surface area contributed by atoms with E-state index in [1.165, 1.54) is 6.92 Å². The monoisotopic (exact) mass is 317 g/mol. The molecule has 1 N–H and O–H groups in total. The van der Waals surface area contributed by atoms with Gasteiger partial charge < -0.3 is 4.90 Å². The van der Waals surface area contributed by atoms with Crippen molar-refractivity contribution in [3.05, 3.63) is 10.7 Å². The number of likely N-dealkylation sites (N-methyl/N-ethyl adjacent to an activating group) is 1. The number of carbonyl (C=O) groups excluding carboxylic acids is 1. The molecule has 1 aliphatic heterocycles. The zero-order valence-electron chi connectivity index (χ0n) is 11.8. The number of thiazole rings is 1. The van der Waals surface area contributed by atoms with Crippen molar-refractivity contribution in [2.24, 2.45) is 0 Å². The summed E-state index contributed by atoms with van der Waals surface area (Å²) in [4.78, 5) is 17.4. The minimum absolute atomic E-state index is 0.0203. The van der Waals surface area contributed by atoms with Crippen molar-refractivity contribution < 1.29 is 13.2 Å². The number of likely N-dealkylation sites (tertiary alicyclic amines) is 1. The van der Waals surface area contributed by atoms with Crippen molar-refractivity contribution in [2.45, 2.75) is 36.9 Å². The molecule has 6 nitrogen and oxygen atoms in total. The molecule has 1 aliphatic rings. The lowest BCUT2D eigenvalue weighted by Crippen LogP contribution is -2.36. The highest BCUT2D eigenvalue weighted by Crippen LogP contribution is 2.24. The fourth-order valence-electron chi connectivity index (χ4n) is 2.28. The van der Waals surface area contributed by atoms with Crippen molar-refractivity contribution >= 4 is 27.1 Å². The first kappa shape index (κ1) is 15.6. The molecule has 0 saturated carbocycles. The second-order valence-corrected chi connectivity index (χ2v) is 8.22. The molecule has 1 atom stereocenters. The lowest BCUT2D eigenvalue weighted by molar-refractivity contribution is -0.116. The zero-order valence-corrected chi connectivity index (χ0v) is 13.5. The molecule has 1 aromatic heterocycles. The minimum Gasteiger partial charge on any atom is -0.305 e. The number of aromatic nitrogens is 1. The van der Waals surface area contributed by atoms with E-state index in [0.717, 1.165) is 30.8 Å². The smallest absolute Gasteiger partial charge is 0.252 e. The van der Waals surface area contributed by atoms with E-state index in [1.54, 1.807) is 6.92 Å². The molecule has 0 aliphatic carbocycles. The Kier molecular flexibility index (Phi) is 4.58. The van der Waals surface area contributed by atoms with Crippen LogP contribution in [-0.4, -0.2) is 50.3 Å². The predicted octanol–water partition coefficient (Wildman–Crippen LogP) is 0.565. The Hall–Kier alpha value is -0.830. The van der Waals surface area contributed by atoms with Gasteiger partial charge in [0, 0.05) is 12.6 Å². The Bertz CT molecular complexity index is 609. The van der Waals surface area contributed by atoms with Crippen LogP contribution in [0.1, 0.15) is 24.0 Å². The summed E-state index contributed by atoms with van der Waals surface area (Å²) in [5.41, 5.74) is 0.463. The first-order valence-electron chi connectivity index (χ1n) is 6.44. The van der Waals surface area contributed by atoms with E-state index in [1.807, 2.05) is 7.05 Å². The van der Waals surface area contributed by atoms with Crippen LogP contribution in [0.3, 0.4) is 0 Å². The standard InChI is InChI=1S/C12H19N3O3S2/c1-8(16)6-11-13-9(2)12(19-11)20(17,18)14-10-4-5-15(3)7-10/h10,14H,4-7H2,1-3H3/t10-/m1/s1. The largest absolute Gasteiger partial charge is 0.305 e. The van der Waals surface area contributed by atoms with Crippen LogP contribution in [0.4, 0.5) is 0 Å². The Balaban J connectivity index is 2.16. The molecule has 0 radical (unpaired) electrons. The Morgan fingerprint density at radius 1 is 1.55 bits per heavy atom. The van der Waals surface area contributed by atoms with Crippen LogP contribution in [0.2, 0.25) is 0 Å². The van der Waals surface area contributed by atoms with Gasteiger partial charge in [-0.2, -0.15) is 0 Å². The Labute approximate surface area is 123 Å². The second-order valence-electron chi connectivity index (χ2n) is 5.23. The summed E-state index contributed by atoms with van der Waals surface area (Å²) < 4.78 is 27.7. The van der Waals surface area contributed by atoms with Crippen molar-refractivity contribution in [1.82, 2.24) is 14.6 Å². The van der Waals surface area contributed by atoms with Gasteiger partial charge in [-0.1, -0.05) is 0 Å². The fourth-order valence-corrected chi connectivity index (χ4v) is 5.19. The van der Waals surface area contributed by atoms with Gasteiger partial charge in [0.15, 0.2) is 4.21 Å². The Morgan fingerprint density at radius 3 is 2.80 bits per heavy atom. The van der Waals surface area contributed by atoms with E-state index in [4.69, 9.17) is 0 Å². The number of hydrogen-bond donors (Lipinski definition) is 1. The average molecular weight is 317 g/mol. The molecule has 2 heterocycles. The van der Waals surface area contributed by atoms with Gasteiger partial charge in [0.25, 0.3) is 10.0 Å². The molecule has 0 unspecified atom stereocenters. The molecule has 1 saturated heterocycles. The van der Waals surface area contributed by atoms with Crippen LogP contribution in [-0.2, 0) is 21.2 Å². The maximum absolute atomic E-state index is 12.4. The third-order valence-electron chi connectivity index (χ3n) is 3.16. The average Bonchev–Trinajstić information content (AvgIpc) is 2.84. The normalized spacial score (nSPS) is 20.4. The third kappa shape index (κ3) is 3.63. The van der Waals surface area contributed by atoms with Gasteiger partial charge in [0.1, 0.15) is 10.8 Å². The molecule has 8 heteroatoms. The van der Waals surface area contributed by atoms with E-state index in [-0.39, 0.29) is 22.5 Å². The van der Waals surface area contributed by atoms with Crippen molar-refractivity contribution in [1.29, 1.82) is 0 Å². The predicted molar refractivity (Wildman–Crippen MR) is 77.5 cm³/mol. The molecule has 112 valence electrons. The van der Waals surface area contributed by atoms with Crippen LogP contribution in [0.15, 0.2) is 4.21 Å².